The van der Waals surface area contributed by atoms with Gasteiger partial charge in [-0.05, 0) is 55.2 Å². The van der Waals surface area contributed by atoms with Gasteiger partial charge in [0.25, 0.3) is 0 Å². The Morgan fingerprint density at radius 3 is 2.76 bits per heavy atom. The maximum absolute atomic E-state index is 11.3. The monoisotopic (exact) mass is 283 g/mol. The predicted octanol–water partition coefficient (Wildman–Crippen LogP) is 4.24. The number of ether oxygens (including phenoxy) is 1. The summed E-state index contributed by atoms with van der Waals surface area (Å²) in [6.07, 6.45) is 3.11. The number of fused-ring (bicyclic) bond motifs is 1. The summed E-state index contributed by atoms with van der Waals surface area (Å²) in [6, 6.07) is 8.33. The highest BCUT2D eigenvalue weighted by Gasteiger charge is 2.05. The Hall–Kier alpha value is -2.16. The zero-order valence-corrected chi connectivity index (χ0v) is 13.0. The van der Waals surface area contributed by atoms with Gasteiger partial charge in [0.15, 0.2) is 0 Å². The molecule has 0 aliphatic heterocycles. The Morgan fingerprint density at radius 2 is 2.10 bits per heavy atom. The number of aromatic nitrogens is 1. The van der Waals surface area contributed by atoms with Crippen LogP contribution in [-0.4, -0.2) is 17.6 Å². The number of esters is 1. The Labute approximate surface area is 125 Å². The molecule has 0 bridgehead atoms. The van der Waals surface area contributed by atoms with Crippen LogP contribution in [0, 0.1) is 6.92 Å². The number of pyridine rings is 1. The molecule has 0 aliphatic carbocycles. The van der Waals surface area contributed by atoms with Crippen molar-refractivity contribution < 1.29 is 9.53 Å². The van der Waals surface area contributed by atoms with Gasteiger partial charge in [-0.15, -0.1) is 0 Å². The standard InChI is InChI=1S/C18H21NO2/c1-5-21-18(20)9-7-15-10-13(4)16-11-14(12(2)3)6-8-17(16)19-15/h6-12H,5H2,1-4H3/b9-7+. The molecule has 0 radical (unpaired) electrons. The number of rotatable bonds is 4. The average molecular weight is 283 g/mol. The highest BCUT2D eigenvalue weighted by atomic mass is 16.5. The molecule has 0 amide bonds. The van der Waals surface area contributed by atoms with Crippen LogP contribution in [0.3, 0.4) is 0 Å². The lowest BCUT2D eigenvalue weighted by Gasteiger charge is -2.09. The Balaban J connectivity index is 2.37. The number of carbonyl (C=O) groups is 1. The van der Waals surface area contributed by atoms with Crippen LogP contribution < -0.4 is 0 Å². The molecule has 0 atom stereocenters. The molecule has 110 valence electrons. The fourth-order valence-corrected chi connectivity index (χ4v) is 2.23. The Bertz CT molecular complexity index is 687. The van der Waals surface area contributed by atoms with E-state index in [0.29, 0.717) is 12.5 Å². The first-order valence-electron chi connectivity index (χ1n) is 7.27. The number of carbonyl (C=O) groups excluding carboxylic acids is 1. The molecule has 1 heterocycles. The summed E-state index contributed by atoms with van der Waals surface area (Å²) in [5.41, 5.74) is 4.18. The van der Waals surface area contributed by atoms with E-state index in [1.54, 1.807) is 13.0 Å². The van der Waals surface area contributed by atoms with Crippen LogP contribution in [0.1, 0.15) is 43.5 Å². The maximum Gasteiger partial charge on any atom is 0.330 e. The van der Waals surface area contributed by atoms with Gasteiger partial charge in [0.1, 0.15) is 0 Å². The van der Waals surface area contributed by atoms with Crippen molar-refractivity contribution in [3.05, 3.63) is 47.2 Å². The normalized spacial score (nSPS) is 11.5. The van der Waals surface area contributed by atoms with Gasteiger partial charge in [-0.2, -0.15) is 0 Å². The molecule has 21 heavy (non-hydrogen) atoms. The highest BCUT2D eigenvalue weighted by molar-refractivity contribution is 5.88. The van der Waals surface area contributed by atoms with Gasteiger partial charge < -0.3 is 4.74 Å². The average Bonchev–Trinajstić information content (AvgIpc) is 2.45. The third-order valence-corrected chi connectivity index (χ3v) is 3.40. The summed E-state index contributed by atoms with van der Waals surface area (Å²) in [6.45, 7) is 8.60. The lowest BCUT2D eigenvalue weighted by Crippen LogP contribution is -1.99. The second-order valence-corrected chi connectivity index (χ2v) is 5.38. The van der Waals surface area contributed by atoms with Crippen molar-refractivity contribution in [3.63, 3.8) is 0 Å². The van der Waals surface area contributed by atoms with Crippen molar-refractivity contribution >= 4 is 22.9 Å². The van der Waals surface area contributed by atoms with Crippen molar-refractivity contribution in [2.75, 3.05) is 6.61 Å². The van der Waals surface area contributed by atoms with E-state index in [4.69, 9.17) is 4.74 Å². The van der Waals surface area contributed by atoms with Gasteiger partial charge in [0.2, 0.25) is 0 Å². The van der Waals surface area contributed by atoms with Crippen molar-refractivity contribution in [3.8, 4) is 0 Å². The summed E-state index contributed by atoms with van der Waals surface area (Å²) in [5, 5.41) is 1.16. The molecule has 0 saturated carbocycles. The summed E-state index contributed by atoms with van der Waals surface area (Å²) in [7, 11) is 0. The van der Waals surface area contributed by atoms with Crippen LogP contribution in [0.15, 0.2) is 30.3 Å². The second kappa shape index (κ2) is 6.53. The third-order valence-electron chi connectivity index (χ3n) is 3.40. The van der Waals surface area contributed by atoms with Gasteiger partial charge >= 0.3 is 5.97 Å². The number of aryl methyl sites for hydroxylation is 1. The topological polar surface area (TPSA) is 39.2 Å². The van der Waals surface area contributed by atoms with Gasteiger partial charge in [-0.3, -0.25) is 0 Å². The molecule has 0 aliphatic rings. The minimum atomic E-state index is -0.341. The third kappa shape index (κ3) is 3.69. The van der Waals surface area contributed by atoms with Crippen LogP contribution in [-0.2, 0) is 9.53 Å². The van der Waals surface area contributed by atoms with Gasteiger partial charge in [-0.25, -0.2) is 9.78 Å². The van der Waals surface area contributed by atoms with Gasteiger partial charge in [0, 0.05) is 11.5 Å². The van der Waals surface area contributed by atoms with E-state index in [2.05, 4.69) is 37.9 Å². The van der Waals surface area contributed by atoms with Gasteiger partial charge in [-0.1, -0.05) is 19.9 Å². The molecule has 3 heteroatoms. The van der Waals surface area contributed by atoms with E-state index < -0.39 is 0 Å². The number of hydrogen-bond acceptors (Lipinski definition) is 3. The molecule has 0 spiro atoms. The molecular weight excluding hydrogens is 262 g/mol. The van der Waals surface area contributed by atoms with E-state index in [0.717, 1.165) is 22.2 Å². The maximum atomic E-state index is 11.3. The number of hydrogen-bond donors (Lipinski definition) is 0. The van der Waals surface area contributed by atoms with E-state index in [-0.39, 0.29) is 5.97 Å². The molecule has 3 nitrogen and oxygen atoms in total. The van der Waals surface area contributed by atoms with Crippen molar-refractivity contribution in [1.29, 1.82) is 0 Å². The van der Waals surface area contributed by atoms with Crippen LogP contribution in [0.5, 0.6) is 0 Å². The highest BCUT2D eigenvalue weighted by Crippen LogP contribution is 2.23. The Morgan fingerprint density at radius 1 is 1.33 bits per heavy atom. The lowest BCUT2D eigenvalue weighted by molar-refractivity contribution is -0.137. The quantitative estimate of drug-likeness (QED) is 0.622. The van der Waals surface area contributed by atoms with Crippen LogP contribution in [0.4, 0.5) is 0 Å². The Kier molecular flexibility index (Phi) is 4.73. The minimum absolute atomic E-state index is 0.341. The summed E-state index contributed by atoms with van der Waals surface area (Å²) in [4.78, 5) is 15.9. The molecule has 2 rings (SSSR count). The zero-order chi connectivity index (χ0) is 15.4. The predicted molar refractivity (Wildman–Crippen MR) is 86.2 cm³/mol. The zero-order valence-electron chi connectivity index (χ0n) is 13.0. The molecule has 1 aromatic heterocycles. The largest absolute Gasteiger partial charge is 0.463 e. The number of nitrogens with zero attached hydrogens (tertiary/aromatic N) is 1. The van der Waals surface area contributed by atoms with E-state index in [1.807, 2.05) is 12.1 Å². The van der Waals surface area contributed by atoms with E-state index in [1.165, 1.54) is 11.6 Å². The van der Waals surface area contributed by atoms with E-state index >= 15 is 0 Å². The first kappa shape index (κ1) is 15.2. The molecule has 0 saturated heterocycles. The summed E-state index contributed by atoms with van der Waals surface area (Å²) < 4.78 is 4.87. The molecule has 0 fully saturated rings. The molecule has 0 N–H and O–H groups in total. The first-order valence-corrected chi connectivity index (χ1v) is 7.27. The fraction of sp³-hybridized carbons (Fsp3) is 0.333. The molecule has 2 aromatic rings. The van der Waals surface area contributed by atoms with Crippen LogP contribution in [0.2, 0.25) is 0 Å². The smallest absolute Gasteiger partial charge is 0.330 e. The lowest BCUT2D eigenvalue weighted by atomic mass is 9.99. The van der Waals surface area contributed by atoms with Crippen molar-refractivity contribution in [2.45, 2.75) is 33.6 Å². The van der Waals surface area contributed by atoms with Gasteiger partial charge in [0.05, 0.1) is 17.8 Å². The van der Waals surface area contributed by atoms with Crippen LogP contribution in [0.25, 0.3) is 17.0 Å². The van der Waals surface area contributed by atoms with Crippen LogP contribution >= 0.6 is 0 Å². The molecule has 1 aromatic carbocycles. The number of benzene rings is 1. The minimum Gasteiger partial charge on any atom is -0.463 e. The first-order chi connectivity index (χ1) is 10.0. The van der Waals surface area contributed by atoms with E-state index in [9.17, 15) is 4.79 Å². The second-order valence-electron chi connectivity index (χ2n) is 5.38. The van der Waals surface area contributed by atoms with Crippen molar-refractivity contribution in [2.24, 2.45) is 0 Å². The SMILES string of the molecule is CCOC(=O)/C=C/c1cc(C)c2cc(C(C)C)ccc2n1. The summed E-state index contributed by atoms with van der Waals surface area (Å²) in [5.74, 6) is 0.157. The molecule has 0 unspecified atom stereocenters. The fourth-order valence-electron chi connectivity index (χ4n) is 2.23. The molecular formula is C18H21NO2. The van der Waals surface area contributed by atoms with Crippen molar-refractivity contribution in [1.82, 2.24) is 4.98 Å². The summed E-state index contributed by atoms with van der Waals surface area (Å²) >= 11 is 0.